The minimum Gasteiger partial charge on any atom is -0.465 e. The van der Waals surface area contributed by atoms with Crippen LogP contribution in [0.1, 0.15) is 25.4 Å². The van der Waals surface area contributed by atoms with Crippen LogP contribution in [0.15, 0.2) is 16.5 Å². The lowest BCUT2D eigenvalue weighted by Crippen LogP contribution is -2.31. The van der Waals surface area contributed by atoms with Crippen molar-refractivity contribution in [2.24, 2.45) is 0 Å². The van der Waals surface area contributed by atoms with E-state index in [1.54, 1.807) is 0 Å². The Morgan fingerprint density at radius 3 is 2.44 bits per heavy atom. The zero-order chi connectivity index (χ0) is 11.8. The Bertz CT molecular complexity index is 280. The summed E-state index contributed by atoms with van der Waals surface area (Å²) < 4.78 is 16.3. The third-order valence-electron chi connectivity index (χ3n) is 2.11. The molecular formula is C12H21NO3. The molecule has 0 aliphatic heterocycles. The largest absolute Gasteiger partial charge is 0.465 e. The number of rotatable bonds is 8. The predicted octanol–water partition coefficient (Wildman–Crippen LogP) is 2.08. The van der Waals surface area contributed by atoms with E-state index in [0.29, 0.717) is 26.3 Å². The fraction of sp³-hybridized carbons (Fsp3) is 0.667. The highest BCUT2D eigenvalue weighted by molar-refractivity contribution is 5.05. The van der Waals surface area contributed by atoms with E-state index in [0.717, 1.165) is 11.5 Å². The standard InChI is InChI=1S/C12H21NO3/c1-4-14-12(15-5-2)9-13-8-11-7-6-10(3)16-11/h6-7,12-13H,4-5,8-9H2,1-3H3. The highest BCUT2D eigenvalue weighted by Gasteiger charge is 2.07. The molecule has 1 heterocycles. The Hall–Kier alpha value is -0.840. The van der Waals surface area contributed by atoms with Gasteiger partial charge in [0.05, 0.1) is 6.54 Å². The van der Waals surface area contributed by atoms with Gasteiger partial charge in [0.15, 0.2) is 6.29 Å². The molecule has 0 fully saturated rings. The van der Waals surface area contributed by atoms with Gasteiger partial charge in [-0.1, -0.05) is 0 Å². The minimum absolute atomic E-state index is 0.175. The van der Waals surface area contributed by atoms with E-state index in [-0.39, 0.29) is 6.29 Å². The van der Waals surface area contributed by atoms with Gasteiger partial charge in [0.2, 0.25) is 0 Å². The molecule has 92 valence electrons. The van der Waals surface area contributed by atoms with Gasteiger partial charge in [0.25, 0.3) is 0 Å². The second kappa shape index (κ2) is 7.44. The summed E-state index contributed by atoms with van der Waals surface area (Å²) in [4.78, 5) is 0. The van der Waals surface area contributed by atoms with Crippen molar-refractivity contribution >= 4 is 0 Å². The Labute approximate surface area is 96.9 Å². The Morgan fingerprint density at radius 2 is 1.94 bits per heavy atom. The van der Waals surface area contributed by atoms with Crippen molar-refractivity contribution in [3.05, 3.63) is 23.7 Å². The fourth-order valence-electron chi connectivity index (χ4n) is 1.43. The quantitative estimate of drug-likeness (QED) is 0.690. The van der Waals surface area contributed by atoms with Gasteiger partial charge in [-0.05, 0) is 32.9 Å². The van der Waals surface area contributed by atoms with E-state index in [1.807, 2.05) is 32.9 Å². The van der Waals surface area contributed by atoms with Crippen LogP contribution in [0.5, 0.6) is 0 Å². The van der Waals surface area contributed by atoms with Gasteiger partial charge in [-0.2, -0.15) is 0 Å². The van der Waals surface area contributed by atoms with Gasteiger partial charge in [-0.25, -0.2) is 0 Å². The van der Waals surface area contributed by atoms with Crippen molar-refractivity contribution in [3.63, 3.8) is 0 Å². The molecule has 0 bridgehead atoms. The molecule has 0 spiro atoms. The summed E-state index contributed by atoms with van der Waals surface area (Å²) >= 11 is 0. The lowest BCUT2D eigenvalue weighted by Gasteiger charge is -2.16. The van der Waals surface area contributed by atoms with E-state index in [2.05, 4.69) is 5.32 Å². The van der Waals surface area contributed by atoms with Crippen LogP contribution in [0.2, 0.25) is 0 Å². The van der Waals surface area contributed by atoms with Crippen molar-refractivity contribution in [3.8, 4) is 0 Å². The third-order valence-corrected chi connectivity index (χ3v) is 2.11. The van der Waals surface area contributed by atoms with Gasteiger partial charge in [0, 0.05) is 19.8 Å². The lowest BCUT2D eigenvalue weighted by atomic mass is 10.4. The number of ether oxygens (including phenoxy) is 2. The summed E-state index contributed by atoms with van der Waals surface area (Å²) in [7, 11) is 0. The van der Waals surface area contributed by atoms with Gasteiger partial charge in [0.1, 0.15) is 11.5 Å². The summed E-state index contributed by atoms with van der Waals surface area (Å²) in [5.41, 5.74) is 0. The molecule has 0 amide bonds. The third kappa shape index (κ3) is 4.79. The average Bonchev–Trinajstić information content (AvgIpc) is 2.65. The Morgan fingerprint density at radius 1 is 1.25 bits per heavy atom. The smallest absolute Gasteiger partial charge is 0.169 e. The molecule has 0 aliphatic rings. The second-order valence-corrected chi connectivity index (χ2v) is 3.48. The van der Waals surface area contributed by atoms with E-state index in [9.17, 15) is 0 Å². The lowest BCUT2D eigenvalue weighted by molar-refractivity contribution is -0.133. The van der Waals surface area contributed by atoms with Crippen molar-refractivity contribution in [2.45, 2.75) is 33.6 Å². The fourth-order valence-corrected chi connectivity index (χ4v) is 1.43. The SMILES string of the molecule is CCOC(CNCc1ccc(C)o1)OCC. The normalized spacial score (nSPS) is 11.2. The van der Waals surface area contributed by atoms with Crippen LogP contribution in [-0.2, 0) is 16.0 Å². The maximum atomic E-state index is 5.44. The zero-order valence-corrected chi connectivity index (χ0v) is 10.3. The average molecular weight is 227 g/mol. The molecule has 0 aliphatic carbocycles. The molecule has 16 heavy (non-hydrogen) atoms. The first kappa shape index (κ1) is 13.2. The van der Waals surface area contributed by atoms with Crippen LogP contribution in [0.4, 0.5) is 0 Å². The molecule has 1 aromatic heterocycles. The number of hydrogen-bond acceptors (Lipinski definition) is 4. The number of nitrogens with one attached hydrogen (secondary N) is 1. The summed E-state index contributed by atoms with van der Waals surface area (Å²) in [6, 6.07) is 3.93. The van der Waals surface area contributed by atoms with Crippen LogP contribution in [0, 0.1) is 6.92 Å². The molecule has 0 atom stereocenters. The summed E-state index contributed by atoms with van der Waals surface area (Å²) in [6.45, 7) is 8.54. The van der Waals surface area contributed by atoms with Gasteiger partial charge >= 0.3 is 0 Å². The van der Waals surface area contributed by atoms with E-state index < -0.39 is 0 Å². The monoisotopic (exact) mass is 227 g/mol. The van der Waals surface area contributed by atoms with Crippen molar-refractivity contribution in [1.82, 2.24) is 5.32 Å². The summed E-state index contributed by atoms with van der Waals surface area (Å²) in [5.74, 6) is 1.87. The van der Waals surface area contributed by atoms with Crippen molar-refractivity contribution in [1.29, 1.82) is 0 Å². The van der Waals surface area contributed by atoms with Crippen molar-refractivity contribution < 1.29 is 13.9 Å². The molecule has 1 N–H and O–H groups in total. The predicted molar refractivity (Wildman–Crippen MR) is 62.2 cm³/mol. The zero-order valence-electron chi connectivity index (χ0n) is 10.3. The Balaban J connectivity index is 2.21. The topological polar surface area (TPSA) is 43.6 Å². The molecular weight excluding hydrogens is 206 g/mol. The van der Waals surface area contributed by atoms with E-state index >= 15 is 0 Å². The highest BCUT2D eigenvalue weighted by Crippen LogP contribution is 2.05. The first-order chi connectivity index (χ1) is 7.76. The maximum Gasteiger partial charge on any atom is 0.169 e. The summed E-state index contributed by atoms with van der Waals surface area (Å²) in [5, 5.41) is 3.24. The van der Waals surface area contributed by atoms with Crippen LogP contribution in [0.3, 0.4) is 0 Å². The van der Waals surface area contributed by atoms with Gasteiger partial charge < -0.3 is 19.2 Å². The number of furan rings is 1. The molecule has 4 nitrogen and oxygen atoms in total. The molecule has 0 unspecified atom stereocenters. The molecule has 1 aromatic rings. The first-order valence-electron chi connectivity index (χ1n) is 5.75. The number of hydrogen-bond donors (Lipinski definition) is 1. The second-order valence-electron chi connectivity index (χ2n) is 3.48. The number of aryl methyl sites for hydroxylation is 1. The van der Waals surface area contributed by atoms with E-state index in [1.165, 1.54) is 0 Å². The molecule has 0 aromatic carbocycles. The molecule has 0 radical (unpaired) electrons. The molecule has 4 heteroatoms. The molecule has 0 saturated heterocycles. The van der Waals surface area contributed by atoms with E-state index in [4.69, 9.17) is 13.9 Å². The maximum absolute atomic E-state index is 5.44. The van der Waals surface area contributed by atoms with Crippen LogP contribution in [0.25, 0.3) is 0 Å². The van der Waals surface area contributed by atoms with Crippen molar-refractivity contribution in [2.75, 3.05) is 19.8 Å². The van der Waals surface area contributed by atoms with Gasteiger partial charge in [-0.15, -0.1) is 0 Å². The molecule has 1 rings (SSSR count). The van der Waals surface area contributed by atoms with Crippen LogP contribution < -0.4 is 5.32 Å². The minimum atomic E-state index is -0.175. The highest BCUT2D eigenvalue weighted by atomic mass is 16.7. The summed E-state index contributed by atoms with van der Waals surface area (Å²) in [6.07, 6.45) is -0.175. The first-order valence-corrected chi connectivity index (χ1v) is 5.75. The Kier molecular flexibility index (Phi) is 6.15. The van der Waals surface area contributed by atoms with Gasteiger partial charge in [-0.3, -0.25) is 0 Å². The van der Waals surface area contributed by atoms with Crippen LogP contribution >= 0.6 is 0 Å². The molecule has 0 saturated carbocycles. The van der Waals surface area contributed by atoms with Crippen LogP contribution in [-0.4, -0.2) is 26.0 Å².